The summed E-state index contributed by atoms with van der Waals surface area (Å²) in [6, 6.07) is 1.33. The Morgan fingerprint density at radius 3 is 2.95 bits per heavy atom. The second-order valence-electron chi connectivity index (χ2n) is 4.20. The zero-order chi connectivity index (χ0) is 15.4. The molecular formula is C13H13ClFN3OS2. The number of thioether (sulfide) groups is 1. The van der Waals surface area contributed by atoms with Crippen LogP contribution in [-0.2, 0) is 4.79 Å². The van der Waals surface area contributed by atoms with Gasteiger partial charge in [-0.05, 0) is 12.3 Å². The summed E-state index contributed by atoms with van der Waals surface area (Å²) in [5.74, 6) is 0.281. The van der Waals surface area contributed by atoms with Gasteiger partial charge in [0, 0.05) is 31.0 Å². The Labute approximate surface area is 135 Å². The molecule has 21 heavy (non-hydrogen) atoms. The van der Waals surface area contributed by atoms with Crippen molar-refractivity contribution >= 4 is 45.6 Å². The molecule has 0 saturated carbocycles. The molecule has 0 aliphatic rings. The van der Waals surface area contributed by atoms with Crippen molar-refractivity contribution in [3.63, 3.8) is 0 Å². The number of halogens is 2. The molecule has 0 spiro atoms. The van der Waals surface area contributed by atoms with Crippen LogP contribution >= 0.6 is 34.7 Å². The van der Waals surface area contributed by atoms with Crippen molar-refractivity contribution in [2.45, 2.75) is 6.42 Å². The van der Waals surface area contributed by atoms with Crippen LogP contribution in [0.1, 0.15) is 6.42 Å². The number of carbonyl (C=O) groups excluding carboxylic acids is 1. The maximum absolute atomic E-state index is 13.2. The monoisotopic (exact) mass is 345 g/mol. The van der Waals surface area contributed by atoms with Crippen molar-refractivity contribution < 1.29 is 9.18 Å². The van der Waals surface area contributed by atoms with Crippen molar-refractivity contribution in [1.29, 1.82) is 0 Å². The Balaban J connectivity index is 2.25. The van der Waals surface area contributed by atoms with Gasteiger partial charge < -0.3 is 4.90 Å². The van der Waals surface area contributed by atoms with Crippen molar-refractivity contribution in [2.24, 2.45) is 0 Å². The lowest BCUT2D eigenvalue weighted by Gasteiger charge is -2.14. The number of nitrogens with zero attached hydrogens (tertiary/aromatic N) is 3. The van der Waals surface area contributed by atoms with Gasteiger partial charge in [0.1, 0.15) is 15.8 Å². The number of anilines is 1. The van der Waals surface area contributed by atoms with Crippen LogP contribution in [0.15, 0.2) is 18.5 Å². The summed E-state index contributed by atoms with van der Waals surface area (Å²) in [6.45, 7) is 0. The third-order valence-corrected chi connectivity index (χ3v) is 4.89. The minimum absolute atomic E-state index is 0.0289. The molecular weight excluding hydrogens is 333 g/mol. The van der Waals surface area contributed by atoms with Crippen LogP contribution < -0.4 is 4.90 Å². The molecule has 0 N–H and O–H groups in total. The molecule has 2 aromatic heterocycles. The van der Waals surface area contributed by atoms with Gasteiger partial charge in [-0.25, -0.2) is 9.37 Å². The standard InChI is InChI=1S/C13H13ClFN3OS2/c1-18(10(19)3-4-20-2)13-11(14)17-12(21-13)8-5-9(15)7-16-6-8/h5-7H,3-4H2,1-2H3. The number of hydrogen-bond acceptors (Lipinski definition) is 5. The zero-order valence-corrected chi connectivity index (χ0v) is 13.9. The first-order valence-electron chi connectivity index (χ1n) is 6.05. The van der Waals surface area contributed by atoms with E-state index in [4.69, 9.17) is 11.6 Å². The molecule has 2 heterocycles. The fourth-order valence-corrected chi connectivity index (χ4v) is 3.30. The van der Waals surface area contributed by atoms with Crippen molar-refractivity contribution in [3.05, 3.63) is 29.4 Å². The van der Waals surface area contributed by atoms with Gasteiger partial charge in [-0.2, -0.15) is 11.8 Å². The molecule has 4 nitrogen and oxygen atoms in total. The van der Waals surface area contributed by atoms with Gasteiger partial charge in [-0.3, -0.25) is 9.78 Å². The average Bonchev–Trinajstić information content (AvgIpc) is 2.86. The van der Waals surface area contributed by atoms with Crippen LogP contribution in [0.2, 0.25) is 5.15 Å². The van der Waals surface area contributed by atoms with Crippen LogP contribution in [0.25, 0.3) is 10.6 Å². The summed E-state index contributed by atoms with van der Waals surface area (Å²) >= 11 is 8.94. The van der Waals surface area contributed by atoms with E-state index in [1.165, 1.54) is 28.5 Å². The highest BCUT2D eigenvalue weighted by Gasteiger charge is 2.19. The zero-order valence-electron chi connectivity index (χ0n) is 11.5. The number of amides is 1. The summed E-state index contributed by atoms with van der Waals surface area (Å²) in [5, 5.41) is 1.33. The predicted octanol–water partition coefficient (Wildman–Crippen LogP) is 3.71. The van der Waals surface area contributed by atoms with E-state index in [1.54, 1.807) is 18.8 Å². The highest BCUT2D eigenvalue weighted by molar-refractivity contribution is 7.98. The summed E-state index contributed by atoms with van der Waals surface area (Å²) in [4.78, 5) is 21.5. The molecule has 0 aliphatic heterocycles. The van der Waals surface area contributed by atoms with Crippen LogP contribution in [-0.4, -0.2) is 34.9 Å². The molecule has 1 amide bonds. The number of pyridine rings is 1. The third-order valence-electron chi connectivity index (χ3n) is 2.72. The minimum Gasteiger partial charge on any atom is -0.304 e. The molecule has 0 bridgehead atoms. The van der Waals surface area contributed by atoms with Gasteiger partial charge in [0.25, 0.3) is 0 Å². The topological polar surface area (TPSA) is 46.1 Å². The highest BCUT2D eigenvalue weighted by atomic mass is 35.5. The first-order chi connectivity index (χ1) is 10.0. The molecule has 0 aromatic carbocycles. The van der Waals surface area contributed by atoms with Crippen LogP contribution in [0.4, 0.5) is 9.39 Å². The van der Waals surface area contributed by atoms with E-state index in [1.807, 2.05) is 6.26 Å². The maximum atomic E-state index is 13.2. The molecule has 0 atom stereocenters. The Hall–Kier alpha value is -1.18. The quantitative estimate of drug-likeness (QED) is 0.828. The van der Waals surface area contributed by atoms with Crippen molar-refractivity contribution in [2.75, 3.05) is 24.0 Å². The van der Waals surface area contributed by atoms with E-state index in [-0.39, 0.29) is 11.1 Å². The Morgan fingerprint density at radius 1 is 1.52 bits per heavy atom. The van der Waals surface area contributed by atoms with Crippen LogP contribution in [0.5, 0.6) is 0 Å². The van der Waals surface area contributed by atoms with Gasteiger partial charge in [0.05, 0.1) is 6.20 Å². The van der Waals surface area contributed by atoms with E-state index < -0.39 is 5.82 Å². The van der Waals surface area contributed by atoms with Gasteiger partial charge in [-0.1, -0.05) is 22.9 Å². The van der Waals surface area contributed by atoms with Gasteiger partial charge >= 0.3 is 0 Å². The van der Waals surface area contributed by atoms with E-state index in [2.05, 4.69) is 9.97 Å². The number of aromatic nitrogens is 2. The normalized spacial score (nSPS) is 10.7. The number of carbonyl (C=O) groups is 1. The van der Waals surface area contributed by atoms with Crippen molar-refractivity contribution in [3.8, 4) is 10.6 Å². The third kappa shape index (κ3) is 3.93. The largest absolute Gasteiger partial charge is 0.304 e. The Kier molecular flexibility index (Phi) is 5.55. The SMILES string of the molecule is CSCCC(=O)N(C)c1sc(-c2cncc(F)c2)nc1Cl. The fourth-order valence-electron chi connectivity index (χ4n) is 1.62. The number of hydrogen-bond donors (Lipinski definition) is 0. The first kappa shape index (κ1) is 16.2. The smallest absolute Gasteiger partial charge is 0.228 e. The molecule has 0 saturated heterocycles. The summed E-state index contributed by atoms with van der Waals surface area (Å²) in [6.07, 6.45) is 5.01. The Morgan fingerprint density at radius 2 is 2.29 bits per heavy atom. The molecule has 0 fully saturated rings. The molecule has 0 aliphatic carbocycles. The average molecular weight is 346 g/mol. The second-order valence-corrected chi connectivity index (χ2v) is 6.52. The predicted molar refractivity (Wildman–Crippen MR) is 86.7 cm³/mol. The van der Waals surface area contributed by atoms with Gasteiger partial charge in [0.15, 0.2) is 5.15 Å². The lowest BCUT2D eigenvalue weighted by atomic mass is 10.3. The minimum atomic E-state index is -0.440. The lowest BCUT2D eigenvalue weighted by Crippen LogP contribution is -2.25. The van der Waals surface area contributed by atoms with E-state index in [9.17, 15) is 9.18 Å². The molecule has 8 heteroatoms. The van der Waals surface area contributed by atoms with E-state index in [0.717, 1.165) is 11.9 Å². The fraction of sp³-hybridized carbons (Fsp3) is 0.308. The van der Waals surface area contributed by atoms with Gasteiger partial charge in [0.2, 0.25) is 5.91 Å². The van der Waals surface area contributed by atoms with Gasteiger partial charge in [-0.15, -0.1) is 0 Å². The molecule has 2 rings (SSSR count). The highest BCUT2D eigenvalue weighted by Crippen LogP contribution is 2.37. The van der Waals surface area contributed by atoms with Crippen molar-refractivity contribution in [1.82, 2.24) is 9.97 Å². The number of thiazole rings is 1. The summed E-state index contributed by atoms with van der Waals surface area (Å²) < 4.78 is 13.2. The Bertz CT molecular complexity index is 650. The maximum Gasteiger partial charge on any atom is 0.228 e. The molecule has 2 aromatic rings. The van der Waals surface area contributed by atoms with Crippen LogP contribution in [0.3, 0.4) is 0 Å². The molecule has 112 valence electrons. The van der Waals surface area contributed by atoms with Crippen LogP contribution in [0, 0.1) is 5.82 Å². The first-order valence-corrected chi connectivity index (χ1v) is 8.64. The number of rotatable bonds is 5. The molecule has 0 radical (unpaired) electrons. The molecule has 0 unspecified atom stereocenters. The van der Waals surface area contributed by atoms with E-state index >= 15 is 0 Å². The summed E-state index contributed by atoms with van der Waals surface area (Å²) in [7, 11) is 1.66. The lowest BCUT2D eigenvalue weighted by molar-refractivity contribution is -0.117. The second kappa shape index (κ2) is 7.20. The summed E-state index contributed by atoms with van der Waals surface area (Å²) in [5.41, 5.74) is 0.540. The van der Waals surface area contributed by atoms with E-state index in [0.29, 0.717) is 22.0 Å².